The van der Waals surface area contributed by atoms with Crippen LogP contribution in [0.15, 0.2) is 42.5 Å². The molecule has 0 radical (unpaired) electrons. The van der Waals surface area contributed by atoms with Crippen LogP contribution in [0, 0.1) is 13.8 Å². The second-order valence-corrected chi connectivity index (χ2v) is 5.59. The van der Waals surface area contributed by atoms with E-state index in [2.05, 4.69) is 5.32 Å². The second-order valence-electron chi connectivity index (χ2n) is 5.59. The van der Waals surface area contributed by atoms with Crippen molar-refractivity contribution in [2.75, 3.05) is 6.61 Å². The highest BCUT2D eigenvalue weighted by Gasteiger charge is 2.30. The summed E-state index contributed by atoms with van der Waals surface area (Å²) in [6.45, 7) is 3.67. The summed E-state index contributed by atoms with van der Waals surface area (Å²) >= 11 is 0. The average molecular weight is 337 g/mol. The molecule has 0 aliphatic rings. The molecule has 0 atom stereocenters. The minimum absolute atomic E-state index is 0.0129. The summed E-state index contributed by atoms with van der Waals surface area (Å²) in [6.07, 6.45) is -4.40. The number of aryl methyl sites for hydroxylation is 2. The van der Waals surface area contributed by atoms with Crippen LogP contribution in [0.25, 0.3) is 0 Å². The lowest BCUT2D eigenvalue weighted by Gasteiger charge is -2.11. The molecule has 0 unspecified atom stereocenters. The molecule has 0 saturated heterocycles. The molecule has 0 bridgehead atoms. The average Bonchev–Trinajstić information content (AvgIpc) is 2.49. The lowest BCUT2D eigenvalue weighted by molar-refractivity contribution is -0.137. The van der Waals surface area contributed by atoms with Crippen molar-refractivity contribution in [1.82, 2.24) is 5.32 Å². The zero-order chi connectivity index (χ0) is 17.7. The number of nitrogens with one attached hydrogen (secondary N) is 1. The van der Waals surface area contributed by atoms with Crippen LogP contribution >= 0.6 is 0 Å². The van der Waals surface area contributed by atoms with Crippen LogP contribution in [0.3, 0.4) is 0 Å². The summed E-state index contributed by atoms with van der Waals surface area (Å²) in [6, 6.07) is 10.5. The number of halogens is 3. The van der Waals surface area contributed by atoms with Crippen LogP contribution in [0.1, 0.15) is 22.3 Å². The third kappa shape index (κ3) is 5.30. The molecule has 3 nitrogen and oxygen atoms in total. The fourth-order valence-corrected chi connectivity index (χ4v) is 2.27. The van der Waals surface area contributed by atoms with Crippen molar-refractivity contribution in [2.24, 2.45) is 0 Å². The van der Waals surface area contributed by atoms with Crippen LogP contribution in [0.5, 0.6) is 5.75 Å². The van der Waals surface area contributed by atoms with E-state index in [9.17, 15) is 18.0 Å². The van der Waals surface area contributed by atoms with Crippen LogP contribution in [0.4, 0.5) is 13.2 Å². The number of carbonyl (C=O) groups excluding carboxylic acids is 1. The Balaban J connectivity index is 1.87. The Kier molecular flexibility index (Phi) is 5.49. The van der Waals surface area contributed by atoms with E-state index in [0.29, 0.717) is 11.3 Å². The topological polar surface area (TPSA) is 38.3 Å². The van der Waals surface area contributed by atoms with Gasteiger partial charge in [-0.25, -0.2) is 0 Å². The Labute approximate surface area is 138 Å². The SMILES string of the molecule is Cc1cc(C)cc(OCC(=O)NCc2cccc(C(F)(F)F)c2)c1. The van der Waals surface area contributed by atoms with E-state index in [1.807, 2.05) is 32.0 Å². The number of rotatable bonds is 5. The normalized spacial score (nSPS) is 11.2. The van der Waals surface area contributed by atoms with Gasteiger partial charge in [0.15, 0.2) is 6.61 Å². The molecule has 2 aromatic carbocycles. The third-order valence-electron chi connectivity index (χ3n) is 3.31. The monoisotopic (exact) mass is 337 g/mol. The summed E-state index contributed by atoms with van der Waals surface area (Å²) in [5.74, 6) is 0.188. The summed E-state index contributed by atoms with van der Waals surface area (Å²) in [7, 11) is 0. The van der Waals surface area contributed by atoms with Gasteiger partial charge in [0.2, 0.25) is 0 Å². The van der Waals surface area contributed by atoms with E-state index in [0.717, 1.165) is 23.3 Å². The van der Waals surface area contributed by atoms with Crippen LogP contribution in [0.2, 0.25) is 0 Å². The molecule has 0 aromatic heterocycles. The zero-order valence-electron chi connectivity index (χ0n) is 13.4. The minimum Gasteiger partial charge on any atom is -0.484 e. The van der Waals surface area contributed by atoms with E-state index in [1.165, 1.54) is 12.1 Å². The second kappa shape index (κ2) is 7.38. The van der Waals surface area contributed by atoms with Gasteiger partial charge in [-0.1, -0.05) is 18.2 Å². The van der Waals surface area contributed by atoms with E-state index < -0.39 is 17.6 Å². The van der Waals surface area contributed by atoms with Gasteiger partial charge >= 0.3 is 6.18 Å². The number of hydrogen-bond donors (Lipinski definition) is 1. The predicted octanol–water partition coefficient (Wildman–Crippen LogP) is 4.02. The summed E-state index contributed by atoms with van der Waals surface area (Å²) in [4.78, 5) is 11.8. The summed E-state index contributed by atoms with van der Waals surface area (Å²) in [5.41, 5.74) is 1.69. The Hall–Kier alpha value is -2.50. The molecule has 1 amide bonds. The first-order valence-corrected chi connectivity index (χ1v) is 7.38. The molecule has 2 aromatic rings. The van der Waals surface area contributed by atoms with Gasteiger partial charge in [0.1, 0.15) is 5.75 Å². The number of alkyl halides is 3. The fraction of sp³-hybridized carbons (Fsp3) is 0.278. The van der Waals surface area contributed by atoms with Crippen molar-refractivity contribution < 1.29 is 22.7 Å². The minimum atomic E-state index is -4.40. The first kappa shape index (κ1) is 17.8. The summed E-state index contributed by atoms with van der Waals surface area (Å²) < 4.78 is 43.3. The van der Waals surface area contributed by atoms with E-state index >= 15 is 0 Å². The molecule has 1 N–H and O–H groups in total. The highest BCUT2D eigenvalue weighted by Crippen LogP contribution is 2.29. The van der Waals surface area contributed by atoms with Gasteiger partial charge < -0.3 is 10.1 Å². The number of ether oxygens (including phenoxy) is 1. The fourth-order valence-electron chi connectivity index (χ4n) is 2.27. The standard InChI is InChI=1S/C18H18F3NO2/c1-12-6-13(2)8-16(7-12)24-11-17(23)22-10-14-4-3-5-15(9-14)18(19,20)21/h3-9H,10-11H2,1-2H3,(H,22,23). The number of benzene rings is 2. The smallest absolute Gasteiger partial charge is 0.416 e. The lowest BCUT2D eigenvalue weighted by atomic mass is 10.1. The number of hydrogen-bond acceptors (Lipinski definition) is 2. The summed E-state index contributed by atoms with van der Waals surface area (Å²) in [5, 5.41) is 2.55. The molecular formula is C18H18F3NO2. The molecule has 2 rings (SSSR count). The number of amides is 1. The highest BCUT2D eigenvalue weighted by atomic mass is 19.4. The highest BCUT2D eigenvalue weighted by molar-refractivity contribution is 5.77. The molecule has 0 aliphatic heterocycles. The lowest BCUT2D eigenvalue weighted by Crippen LogP contribution is -2.28. The number of carbonyl (C=O) groups is 1. The Morgan fingerprint density at radius 2 is 1.75 bits per heavy atom. The Morgan fingerprint density at radius 3 is 2.38 bits per heavy atom. The molecule has 0 aliphatic carbocycles. The van der Waals surface area contributed by atoms with E-state index in [-0.39, 0.29) is 13.2 Å². The first-order valence-electron chi connectivity index (χ1n) is 7.38. The molecule has 0 fully saturated rings. The largest absolute Gasteiger partial charge is 0.484 e. The molecule has 0 saturated carbocycles. The van der Waals surface area contributed by atoms with Crippen LogP contribution in [-0.2, 0) is 17.5 Å². The van der Waals surface area contributed by atoms with Gasteiger partial charge in [-0.2, -0.15) is 13.2 Å². The van der Waals surface area contributed by atoms with Gasteiger partial charge in [-0.3, -0.25) is 4.79 Å². The quantitative estimate of drug-likeness (QED) is 0.895. The van der Waals surface area contributed by atoms with Gasteiger partial charge in [0, 0.05) is 6.54 Å². The van der Waals surface area contributed by atoms with Crippen molar-refractivity contribution in [1.29, 1.82) is 0 Å². The zero-order valence-corrected chi connectivity index (χ0v) is 13.4. The van der Waals surface area contributed by atoms with E-state index in [4.69, 9.17) is 4.74 Å². The Morgan fingerprint density at radius 1 is 1.08 bits per heavy atom. The van der Waals surface area contributed by atoms with Gasteiger partial charge in [-0.05, 0) is 54.8 Å². The van der Waals surface area contributed by atoms with Crippen LogP contribution in [-0.4, -0.2) is 12.5 Å². The molecule has 24 heavy (non-hydrogen) atoms. The van der Waals surface area contributed by atoms with Crippen molar-refractivity contribution in [2.45, 2.75) is 26.6 Å². The van der Waals surface area contributed by atoms with Gasteiger partial charge in [0.25, 0.3) is 5.91 Å². The first-order chi connectivity index (χ1) is 11.2. The molecule has 6 heteroatoms. The van der Waals surface area contributed by atoms with Crippen molar-refractivity contribution >= 4 is 5.91 Å². The Bertz CT molecular complexity index is 706. The van der Waals surface area contributed by atoms with Crippen molar-refractivity contribution in [3.63, 3.8) is 0 Å². The predicted molar refractivity (Wildman–Crippen MR) is 84.7 cm³/mol. The maximum absolute atomic E-state index is 12.6. The molecular weight excluding hydrogens is 319 g/mol. The molecule has 0 heterocycles. The molecule has 128 valence electrons. The third-order valence-corrected chi connectivity index (χ3v) is 3.31. The van der Waals surface area contributed by atoms with Crippen molar-refractivity contribution in [3.05, 3.63) is 64.7 Å². The van der Waals surface area contributed by atoms with Crippen molar-refractivity contribution in [3.8, 4) is 5.75 Å². The van der Waals surface area contributed by atoms with E-state index in [1.54, 1.807) is 0 Å². The molecule has 0 spiro atoms. The maximum atomic E-state index is 12.6. The van der Waals surface area contributed by atoms with Crippen LogP contribution < -0.4 is 10.1 Å². The maximum Gasteiger partial charge on any atom is 0.416 e. The van der Waals surface area contributed by atoms with Gasteiger partial charge in [-0.15, -0.1) is 0 Å². The van der Waals surface area contributed by atoms with Gasteiger partial charge in [0.05, 0.1) is 5.56 Å².